The van der Waals surface area contributed by atoms with Crippen LogP contribution in [0, 0.1) is 11.8 Å². The first kappa shape index (κ1) is 15.3. The smallest absolute Gasteiger partial charge is 0.409 e. The zero-order chi connectivity index (χ0) is 14.4. The molecule has 0 unspecified atom stereocenters. The van der Waals surface area contributed by atoms with Crippen molar-refractivity contribution in [2.45, 2.75) is 12.8 Å². The summed E-state index contributed by atoms with van der Waals surface area (Å²) < 4.78 is 13.9. The fourth-order valence-electron chi connectivity index (χ4n) is 2.28. The lowest BCUT2D eigenvalue weighted by molar-refractivity contribution is -0.162. The van der Waals surface area contributed by atoms with Gasteiger partial charge in [-0.3, -0.25) is 9.59 Å². The van der Waals surface area contributed by atoms with E-state index in [2.05, 4.69) is 14.2 Å². The van der Waals surface area contributed by atoms with E-state index < -0.39 is 23.9 Å². The van der Waals surface area contributed by atoms with Crippen LogP contribution in [-0.2, 0) is 23.8 Å². The topological polar surface area (TPSA) is 82.1 Å². The van der Waals surface area contributed by atoms with Crippen molar-refractivity contribution in [3.63, 3.8) is 0 Å². The molecule has 1 fully saturated rings. The fourth-order valence-corrected chi connectivity index (χ4v) is 2.28. The van der Waals surface area contributed by atoms with Crippen LogP contribution in [0.15, 0.2) is 0 Å². The summed E-state index contributed by atoms with van der Waals surface area (Å²) >= 11 is 0. The third kappa shape index (κ3) is 3.59. The molecule has 1 aliphatic heterocycles. The molecular weight excluding hydrogens is 254 g/mol. The Morgan fingerprint density at radius 2 is 1.42 bits per heavy atom. The number of methoxy groups -OCH3 is 3. The number of hydrogen-bond acceptors (Lipinski definition) is 6. The summed E-state index contributed by atoms with van der Waals surface area (Å²) in [6.07, 6.45) is 0.666. The molecular formula is C12H19NO6. The number of likely N-dealkylation sites (tertiary alicyclic amines) is 1. The summed E-state index contributed by atoms with van der Waals surface area (Å²) in [6.45, 7) is 0.893. The van der Waals surface area contributed by atoms with Gasteiger partial charge in [0.05, 0.1) is 21.3 Å². The molecule has 0 aliphatic carbocycles. The molecule has 0 saturated carbocycles. The van der Waals surface area contributed by atoms with Gasteiger partial charge in [0, 0.05) is 13.1 Å². The van der Waals surface area contributed by atoms with E-state index in [1.54, 1.807) is 4.90 Å². The van der Waals surface area contributed by atoms with Crippen LogP contribution in [0.2, 0.25) is 0 Å². The molecule has 19 heavy (non-hydrogen) atoms. The van der Waals surface area contributed by atoms with Gasteiger partial charge in [0.2, 0.25) is 0 Å². The maximum absolute atomic E-state index is 11.7. The molecule has 1 saturated heterocycles. The molecule has 0 spiro atoms. The zero-order valence-electron chi connectivity index (χ0n) is 11.4. The van der Waals surface area contributed by atoms with Crippen molar-refractivity contribution in [3.8, 4) is 0 Å². The minimum Gasteiger partial charge on any atom is -0.468 e. The highest BCUT2D eigenvalue weighted by Gasteiger charge is 2.39. The van der Waals surface area contributed by atoms with Crippen molar-refractivity contribution in [2.24, 2.45) is 11.8 Å². The van der Waals surface area contributed by atoms with Crippen LogP contribution in [0.4, 0.5) is 4.79 Å². The summed E-state index contributed by atoms with van der Waals surface area (Å²) in [5.74, 6) is -2.29. The molecule has 0 aromatic carbocycles. The van der Waals surface area contributed by atoms with Gasteiger partial charge in [-0.05, 0) is 18.8 Å². The Bertz CT molecular complexity index is 332. The highest BCUT2D eigenvalue weighted by molar-refractivity contribution is 5.95. The second-order valence-corrected chi connectivity index (χ2v) is 4.32. The number of piperidine rings is 1. The van der Waals surface area contributed by atoms with Crippen molar-refractivity contribution >= 4 is 18.0 Å². The van der Waals surface area contributed by atoms with E-state index in [1.807, 2.05) is 0 Å². The van der Waals surface area contributed by atoms with Crippen LogP contribution in [-0.4, -0.2) is 57.4 Å². The average molecular weight is 273 g/mol. The molecule has 0 bridgehead atoms. The summed E-state index contributed by atoms with van der Waals surface area (Å²) in [4.78, 5) is 36.2. The molecule has 0 aromatic heterocycles. The zero-order valence-corrected chi connectivity index (χ0v) is 11.4. The average Bonchev–Trinajstić information content (AvgIpc) is 2.46. The van der Waals surface area contributed by atoms with Crippen molar-refractivity contribution in [2.75, 3.05) is 34.4 Å². The maximum Gasteiger partial charge on any atom is 0.409 e. The van der Waals surface area contributed by atoms with E-state index in [1.165, 1.54) is 21.3 Å². The number of esters is 2. The second kappa shape index (κ2) is 6.96. The van der Waals surface area contributed by atoms with Gasteiger partial charge in [-0.25, -0.2) is 4.79 Å². The third-order valence-electron chi connectivity index (χ3n) is 3.35. The summed E-state index contributed by atoms with van der Waals surface area (Å²) in [5.41, 5.74) is 0. The van der Waals surface area contributed by atoms with Crippen molar-refractivity contribution < 1.29 is 28.6 Å². The number of amides is 1. The minimum atomic E-state index is -0.921. The number of carbonyl (C=O) groups is 3. The van der Waals surface area contributed by atoms with E-state index >= 15 is 0 Å². The van der Waals surface area contributed by atoms with E-state index in [0.717, 1.165) is 0 Å². The molecule has 1 heterocycles. The van der Waals surface area contributed by atoms with Gasteiger partial charge in [0.15, 0.2) is 5.92 Å². The quantitative estimate of drug-likeness (QED) is 0.421. The monoisotopic (exact) mass is 273 g/mol. The molecule has 1 rings (SSSR count). The lowest BCUT2D eigenvalue weighted by Gasteiger charge is -2.33. The van der Waals surface area contributed by atoms with Crippen LogP contribution >= 0.6 is 0 Å². The maximum atomic E-state index is 11.7. The first-order valence-corrected chi connectivity index (χ1v) is 6.03. The standard InChI is InChI=1S/C12H19NO6/c1-17-10(14)9(11(15)18-2)8-4-6-13(7-5-8)12(16)19-3/h8-9H,4-7H2,1-3H3. The van der Waals surface area contributed by atoms with Gasteiger partial charge in [0.1, 0.15) is 0 Å². The Kier molecular flexibility index (Phi) is 5.59. The summed E-state index contributed by atoms with van der Waals surface area (Å²) in [5, 5.41) is 0. The van der Waals surface area contributed by atoms with E-state index in [4.69, 9.17) is 0 Å². The van der Waals surface area contributed by atoms with Crippen LogP contribution in [0.5, 0.6) is 0 Å². The predicted octanol–water partition coefficient (Wildman–Crippen LogP) is 0.427. The van der Waals surface area contributed by atoms with Gasteiger partial charge in [-0.1, -0.05) is 0 Å². The summed E-state index contributed by atoms with van der Waals surface area (Å²) in [7, 11) is 3.80. The Labute approximate surface area is 111 Å². The molecule has 0 radical (unpaired) electrons. The molecule has 0 N–H and O–H groups in total. The molecule has 1 amide bonds. The van der Waals surface area contributed by atoms with E-state index in [0.29, 0.717) is 25.9 Å². The van der Waals surface area contributed by atoms with Gasteiger partial charge >= 0.3 is 18.0 Å². The van der Waals surface area contributed by atoms with Crippen molar-refractivity contribution in [1.82, 2.24) is 4.90 Å². The highest BCUT2D eigenvalue weighted by atomic mass is 16.5. The molecule has 0 aromatic rings. The lowest BCUT2D eigenvalue weighted by Crippen LogP contribution is -2.43. The lowest BCUT2D eigenvalue weighted by atomic mass is 9.84. The minimum absolute atomic E-state index is 0.180. The molecule has 7 heteroatoms. The number of ether oxygens (including phenoxy) is 3. The fraction of sp³-hybridized carbons (Fsp3) is 0.750. The van der Waals surface area contributed by atoms with Gasteiger partial charge in [-0.2, -0.15) is 0 Å². The van der Waals surface area contributed by atoms with Gasteiger partial charge < -0.3 is 19.1 Å². The largest absolute Gasteiger partial charge is 0.468 e. The third-order valence-corrected chi connectivity index (χ3v) is 3.35. The molecule has 0 atom stereocenters. The van der Waals surface area contributed by atoms with Crippen LogP contribution in [0.25, 0.3) is 0 Å². The SMILES string of the molecule is COC(=O)C(C(=O)OC)C1CCN(C(=O)OC)CC1. The number of carbonyl (C=O) groups excluding carboxylic acids is 3. The van der Waals surface area contributed by atoms with Gasteiger partial charge in [0.25, 0.3) is 0 Å². The Hall–Kier alpha value is -1.79. The van der Waals surface area contributed by atoms with E-state index in [9.17, 15) is 14.4 Å². The van der Waals surface area contributed by atoms with Crippen LogP contribution in [0.1, 0.15) is 12.8 Å². The normalized spacial score (nSPS) is 16.1. The van der Waals surface area contributed by atoms with Crippen molar-refractivity contribution in [1.29, 1.82) is 0 Å². The summed E-state index contributed by atoms with van der Waals surface area (Å²) in [6, 6.07) is 0. The molecule has 1 aliphatic rings. The van der Waals surface area contributed by atoms with Crippen molar-refractivity contribution in [3.05, 3.63) is 0 Å². The molecule has 108 valence electrons. The first-order chi connectivity index (χ1) is 9.04. The Balaban J connectivity index is 2.67. The Morgan fingerprint density at radius 3 is 1.79 bits per heavy atom. The highest BCUT2D eigenvalue weighted by Crippen LogP contribution is 2.27. The van der Waals surface area contributed by atoms with Crippen LogP contribution in [0.3, 0.4) is 0 Å². The number of hydrogen-bond donors (Lipinski definition) is 0. The predicted molar refractivity (Wildman–Crippen MR) is 64.2 cm³/mol. The first-order valence-electron chi connectivity index (χ1n) is 6.03. The molecule has 7 nitrogen and oxygen atoms in total. The number of rotatable bonds is 3. The van der Waals surface area contributed by atoms with Crippen LogP contribution < -0.4 is 0 Å². The van der Waals surface area contributed by atoms with Gasteiger partial charge in [-0.15, -0.1) is 0 Å². The number of nitrogens with zero attached hydrogens (tertiary/aromatic N) is 1. The Morgan fingerprint density at radius 1 is 0.947 bits per heavy atom. The second-order valence-electron chi connectivity index (χ2n) is 4.32. The van der Waals surface area contributed by atoms with E-state index in [-0.39, 0.29) is 5.92 Å².